The van der Waals surface area contributed by atoms with Gasteiger partial charge in [0.05, 0.1) is 9.26 Å². The van der Waals surface area contributed by atoms with Crippen molar-refractivity contribution in [1.29, 1.82) is 0 Å². The molecule has 7 heteroatoms. The van der Waals surface area contributed by atoms with Crippen molar-refractivity contribution in [2.45, 2.75) is 12.8 Å². The fourth-order valence-electron chi connectivity index (χ4n) is 1.08. The van der Waals surface area contributed by atoms with Crippen LogP contribution in [0, 0.1) is 3.57 Å². The van der Waals surface area contributed by atoms with Gasteiger partial charge in [-0.2, -0.15) is 0 Å². The highest BCUT2D eigenvalue weighted by molar-refractivity contribution is 14.1. The summed E-state index contributed by atoms with van der Waals surface area (Å²) in [6.45, 7) is 0.333. The maximum Gasteiger partial charge on any atom is 0.319 e. The number of nitrogens with one attached hydrogen (secondary N) is 2. The van der Waals surface area contributed by atoms with Crippen LogP contribution < -0.4 is 10.6 Å². The van der Waals surface area contributed by atoms with E-state index in [-0.39, 0.29) is 12.5 Å². The smallest absolute Gasteiger partial charge is 0.319 e. The number of hydrogen-bond donors (Lipinski definition) is 3. The number of nitrogens with zero attached hydrogens (tertiary/aromatic N) is 1. The largest absolute Gasteiger partial charge is 0.481 e. The first kappa shape index (κ1) is 13.7. The Labute approximate surface area is 112 Å². The van der Waals surface area contributed by atoms with Gasteiger partial charge in [0.2, 0.25) is 0 Å². The first-order chi connectivity index (χ1) is 8.09. The van der Waals surface area contributed by atoms with Crippen molar-refractivity contribution in [2.24, 2.45) is 0 Å². The Kier molecular flexibility index (Phi) is 5.67. The number of rotatable bonds is 5. The highest BCUT2D eigenvalue weighted by atomic mass is 127. The second-order valence-corrected chi connectivity index (χ2v) is 4.40. The number of carbonyl (C=O) groups is 2. The highest BCUT2D eigenvalue weighted by Gasteiger charge is 2.04. The first-order valence-electron chi connectivity index (χ1n) is 4.96. The summed E-state index contributed by atoms with van der Waals surface area (Å²) in [6, 6.07) is 1.35. The molecule has 6 nitrogen and oxygen atoms in total. The molecule has 0 saturated heterocycles. The predicted octanol–water partition coefficient (Wildman–Crippen LogP) is 1.67. The Morgan fingerprint density at radius 1 is 1.47 bits per heavy atom. The number of carbonyl (C=O) groups excluding carboxylic acids is 1. The number of urea groups is 1. The van der Waals surface area contributed by atoms with E-state index in [0.717, 1.165) is 3.57 Å². The summed E-state index contributed by atoms with van der Waals surface area (Å²) in [5.74, 6) is -0.865. The van der Waals surface area contributed by atoms with Crippen LogP contribution in [0.3, 0.4) is 0 Å². The zero-order valence-corrected chi connectivity index (χ0v) is 11.1. The van der Waals surface area contributed by atoms with Crippen LogP contribution in [0.1, 0.15) is 12.8 Å². The molecule has 3 N–H and O–H groups in total. The van der Waals surface area contributed by atoms with Gasteiger partial charge in [-0.05, 0) is 35.1 Å². The van der Waals surface area contributed by atoms with Crippen LogP contribution in [0.2, 0.25) is 0 Å². The van der Waals surface area contributed by atoms with Crippen LogP contribution in [-0.2, 0) is 4.79 Å². The minimum Gasteiger partial charge on any atom is -0.481 e. The molecule has 1 aromatic heterocycles. The summed E-state index contributed by atoms with van der Waals surface area (Å²) in [7, 11) is 0. The maximum absolute atomic E-state index is 11.4. The first-order valence-corrected chi connectivity index (χ1v) is 6.03. The lowest BCUT2D eigenvalue weighted by molar-refractivity contribution is -0.137. The van der Waals surface area contributed by atoms with E-state index < -0.39 is 5.97 Å². The molecule has 1 heterocycles. The van der Waals surface area contributed by atoms with Gasteiger partial charge in [-0.1, -0.05) is 0 Å². The summed E-state index contributed by atoms with van der Waals surface area (Å²) in [5.41, 5.74) is 0.677. The molecule has 17 heavy (non-hydrogen) atoms. The molecule has 0 aliphatic rings. The van der Waals surface area contributed by atoms with E-state index in [9.17, 15) is 9.59 Å². The molecule has 1 rings (SSSR count). The van der Waals surface area contributed by atoms with Crippen molar-refractivity contribution in [3.05, 3.63) is 22.0 Å². The monoisotopic (exact) mass is 349 g/mol. The van der Waals surface area contributed by atoms with Crippen molar-refractivity contribution in [1.82, 2.24) is 10.3 Å². The van der Waals surface area contributed by atoms with Crippen molar-refractivity contribution < 1.29 is 14.7 Å². The second-order valence-electron chi connectivity index (χ2n) is 3.23. The van der Waals surface area contributed by atoms with Gasteiger partial charge in [0.25, 0.3) is 0 Å². The number of halogens is 1. The standard InChI is InChI=1S/C10H12IN3O3/c11-7-6-12-5-3-8(7)14-10(17)13-4-1-2-9(15)16/h3,5-6H,1-2,4H2,(H,15,16)(H2,12,13,14,17). The van der Waals surface area contributed by atoms with Gasteiger partial charge in [0.15, 0.2) is 0 Å². The lowest BCUT2D eigenvalue weighted by Crippen LogP contribution is -2.30. The van der Waals surface area contributed by atoms with Crippen LogP contribution in [-0.4, -0.2) is 28.6 Å². The zero-order valence-electron chi connectivity index (χ0n) is 8.94. The average Bonchev–Trinajstić information content (AvgIpc) is 2.27. The third kappa shape index (κ3) is 5.48. The fourth-order valence-corrected chi connectivity index (χ4v) is 1.56. The van der Waals surface area contributed by atoms with Crippen molar-refractivity contribution in [2.75, 3.05) is 11.9 Å². The number of hydrogen-bond acceptors (Lipinski definition) is 3. The lowest BCUT2D eigenvalue weighted by atomic mass is 10.3. The van der Waals surface area contributed by atoms with E-state index >= 15 is 0 Å². The number of aromatic nitrogens is 1. The van der Waals surface area contributed by atoms with Crippen LogP contribution in [0.25, 0.3) is 0 Å². The van der Waals surface area contributed by atoms with Crippen LogP contribution >= 0.6 is 22.6 Å². The van der Waals surface area contributed by atoms with Gasteiger partial charge in [-0.3, -0.25) is 9.78 Å². The zero-order chi connectivity index (χ0) is 12.7. The molecule has 0 fully saturated rings. The summed E-state index contributed by atoms with van der Waals surface area (Å²) >= 11 is 2.06. The quantitative estimate of drug-likeness (QED) is 0.557. The Hall–Kier alpha value is -1.38. The SMILES string of the molecule is O=C(O)CCCNC(=O)Nc1ccncc1I. The number of carboxylic acid groups (broad SMARTS) is 1. The predicted molar refractivity (Wildman–Crippen MR) is 70.8 cm³/mol. The maximum atomic E-state index is 11.4. The van der Waals surface area contributed by atoms with E-state index in [1.807, 2.05) is 0 Å². The van der Waals surface area contributed by atoms with Crippen LogP contribution in [0.15, 0.2) is 18.5 Å². The van der Waals surface area contributed by atoms with E-state index in [0.29, 0.717) is 18.7 Å². The molecule has 0 aliphatic carbocycles. The highest BCUT2D eigenvalue weighted by Crippen LogP contribution is 2.14. The van der Waals surface area contributed by atoms with Gasteiger partial charge in [0.1, 0.15) is 0 Å². The molecule has 0 bridgehead atoms. The molecule has 1 aromatic rings. The van der Waals surface area contributed by atoms with Gasteiger partial charge in [-0.25, -0.2) is 4.79 Å². The summed E-state index contributed by atoms with van der Waals surface area (Å²) < 4.78 is 0.839. The molecule has 0 saturated carbocycles. The number of pyridine rings is 1. The third-order valence-corrected chi connectivity index (χ3v) is 2.73. The number of anilines is 1. The minimum absolute atomic E-state index is 0.0487. The van der Waals surface area contributed by atoms with Crippen molar-refractivity contribution in [3.8, 4) is 0 Å². The van der Waals surface area contributed by atoms with Crippen molar-refractivity contribution in [3.63, 3.8) is 0 Å². The molecule has 92 valence electrons. The summed E-state index contributed by atoms with van der Waals surface area (Å²) in [4.78, 5) is 25.6. The Morgan fingerprint density at radius 2 is 2.24 bits per heavy atom. The molecule has 2 amide bonds. The van der Waals surface area contributed by atoms with Gasteiger partial charge >= 0.3 is 12.0 Å². The Bertz CT molecular complexity index is 412. The average molecular weight is 349 g/mol. The topological polar surface area (TPSA) is 91.3 Å². The van der Waals surface area contributed by atoms with E-state index in [2.05, 4.69) is 38.2 Å². The molecular formula is C10H12IN3O3. The van der Waals surface area contributed by atoms with Gasteiger partial charge < -0.3 is 15.7 Å². The summed E-state index contributed by atoms with van der Waals surface area (Å²) in [5, 5.41) is 13.6. The normalized spacial score (nSPS) is 9.71. The van der Waals surface area contributed by atoms with E-state index in [1.54, 1.807) is 18.5 Å². The molecule has 0 spiro atoms. The number of carboxylic acids is 1. The molecule has 0 unspecified atom stereocenters. The molecule has 0 radical (unpaired) electrons. The molecule has 0 aromatic carbocycles. The van der Waals surface area contributed by atoms with Crippen LogP contribution in [0.4, 0.5) is 10.5 Å². The van der Waals surface area contributed by atoms with Gasteiger partial charge in [-0.15, -0.1) is 0 Å². The van der Waals surface area contributed by atoms with E-state index in [1.165, 1.54) is 0 Å². The summed E-state index contributed by atoms with van der Waals surface area (Å²) in [6.07, 6.45) is 3.69. The Morgan fingerprint density at radius 3 is 2.88 bits per heavy atom. The minimum atomic E-state index is -0.865. The van der Waals surface area contributed by atoms with E-state index in [4.69, 9.17) is 5.11 Å². The third-order valence-electron chi connectivity index (χ3n) is 1.87. The molecule has 0 atom stereocenters. The Balaban J connectivity index is 2.30. The number of amides is 2. The second kappa shape index (κ2) is 7.05. The number of aliphatic carboxylic acids is 1. The molecule has 0 aliphatic heterocycles. The van der Waals surface area contributed by atoms with Crippen molar-refractivity contribution >= 4 is 40.3 Å². The van der Waals surface area contributed by atoms with Crippen LogP contribution in [0.5, 0.6) is 0 Å². The fraction of sp³-hybridized carbons (Fsp3) is 0.300. The lowest BCUT2D eigenvalue weighted by Gasteiger charge is -2.07. The van der Waals surface area contributed by atoms with Gasteiger partial charge in [0, 0.05) is 25.4 Å². The molecular weight excluding hydrogens is 337 g/mol.